The summed E-state index contributed by atoms with van der Waals surface area (Å²) in [6, 6.07) is 8.04. The molecule has 4 heteroatoms. The van der Waals surface area contributed by atoms with Gasteiger partial charge in [0, 0.05) is 11.7 Å². The first kappa shape index (κ1) is 15.0. The Kier molecular flexibility index (Phi) is 5.63. The standard InChI is InChI=1S/C14H20N2O.ClH/c1-2-10-6-8-11(9-7-10)16-14(17)12-4-3-5-13(12)15;/h6-9,12-13H,2-5,15H2,1H3,(H,16,17);1H. The number of rotatable bonds is 3. The lowest BCUT2D eigenvalue weighted by Crippen LogP contribution is -2.34. The first-order valence-electron chi connectivity index (χ1n) is 6.36. The summed E-state index contributed by atoms with van der Waals surface area (Å²) >= 11 is 0. The number of carbonyl (C=O) groups is 1. The van der Waals surface area contributed by atoms with Gasteiger partial charge in [0.05, 0.1) is 5.92 Å². The van der Waals surface area contributed by atoms with Crippen LogP contribution in [0.1, 0.15) is 31.7 Å². The fourth-order valence-electron chi connectivity index (χ4n) is 2.37. The second-order valence-electron chi connectivity index (χ2n) is 4.74. The van der Waals surface area contributed by atoms with Gasteiger partial charge >= 0.3 is 0 Å². The Bertz CT molecular complexity index is 391. The van der Waals surface area contributed by atoms with Crippen molar-refractivity contribution in [2.24, 2.45) is 11.7 Å². The number of nitrogens with two attached hydrogens (primary N) is 1. The lowest BCUT2D eigenvalue weighted by molar-refractivity contribution is -0.120. The number of amides is 1. The molecule has 1 aliphatic rings. The van der Waals surface area contributed by atoms with Crippen LogP contribution in [0.4, 0.5) is 5.69 Å². The van der Waals surface area contributed by atoms with Crippen LogP contribution in [0.25, 0.3) is 0 Å². The minimum atomic E-state index is -0.0131. The SMILES string of the molecule is CCc1ccc(NC(=O)C2CCCC2N)cc1.Cl. The van der Waals surface area contributed by atoms with E-state index in [9.17, 15) is 4.79 Å². The molecule has 0 aliphatic heterocycles. The van der Waals surface area contributed by atoms with Gasteiger partial charge in [0.1, 0.15) is 0 Å². The average Bonchev–Trinajstić information content (AvgIpc) is 2.76. The Morgan fingerprint density at radius 3 is 2.50 bits per heavy atom. The highest BCUT2D eigenvalue weighted by atomic mass is 35.5. The fourth-order valence-corrected chi connectivity index (χ4v) is 2.37. The molecule has 2 atom stereocenters. The van der Waals surface area contributed by atoms with Crippen LogP contribution in [-0.4, -0.2) is 11.9 Å². The highest BCUT2D eigenvalue weighted by molar-refractivity contribution is 5.93. The number of halogens is 1. The van der Waals surface area contributed by atoms with Crippen LogP contribution in [0.3, 0.4) is 0 Å². The van der Waals surface area contributed by atoms with E-state index in [0.29, 0.717) is 0 Å². The monoisotopic (exact) mass is 268 g/mol. The van der Waals surface area contributed by atoms with Crippen molar-refractivity contribution in [1.82, 2.24) is 0 Å². The first-order chi connectivity index (χ1) is 8.20. The number of aryl methyl sites for hydroxylation is 1. The molecule has 1 fully saturated rings. The third kappa shape index (κ3) is 3.47. The normalized spacial score (nSPS) is 22.3. The van der Waals surface area contributed by atoms with Crippen molar-refractivity contribution in [2.75, 3.05) is 5.32 Å². The van der Waals surface area contributed by atoms with Crippen molar-refractivity contribution < 1.29 is 4.79 Å². The molecule has 1 aromatic carbocycles. The molecule has 0 saturated heterocycles. The minimum Gasteiger partial charge on any atom is -0.327 e. The molecule has 1 saturated carbocycles. The van der Waals surface area contributed by atoms with E-state index < -0.39 is 0 Å². The van der Waals surface area contributed by atoms with E-state index in [-0.39, 0.29) is 30.3 Å². The van der Waals surface area contributed by atoms with Crippen LogP contribution < -0.4 is 11.1 Å². The maximum atomic E-state index is 12.0. The topological polar surface area (TPSA) is 55.1 Å². The zero-order valence-corrected chi connectivity index (χ0v) is 11.5. The molecular weight excluding hydrogens is 248 g/mol. The summed E-state index contributed by atoms with van der Waals surface area (Å²) in [5, 5.41) is 2.95. The largest absolute Gasteiger partial charge is 0.327 e. The molecule has 3 N–H and O–H groups in total. The summed E-state index contributed by atoms with van der Waals surface area (Å²) in [7, 11) is 0. The number of hydrogen-bond donors (Lipinski definition) is 2. The summed E-state index contributed by atoms with van der Waals surface area (Å²) in [5.41, 5.74) is 8.06. The highest BCUT2D eigenvalue weighted by Gasteiger charge is 2.30. The predicted molar refractivity (Wildman–Crippen MR) is 77.0 cm³/mol. The minimum absolute atomic E-state index is 0. The number of nitrogens with one attached hydrogen (secondary N) is 1. The fraction of sp³-hybridized carbons (Fsp3) is 0.500. The molecule has 18 heavy (non-hydrogen) atoms. The van der Waals surface area contributed by atoms with Gasteiger partial charge in [0.15, 0.2) is 0 Å². The van der Waals surface area contributed by atoms with Gasteiger partial charge in [-0.3, -0.25) is 4.79 Å². The second-order valence-corrected chi connectivity index (χ2v) is 4.74. The van der Waals surface area contributed by atoms with Crippen LogP contribution in [0.5, 0.6) is 0 Å². The smallest absolute Gasteiger partial charge is 0.229 e. The molecule has 0 aromatic heterocycles. The van der Waals surface area contributed by atoms with E-state index in [1.165, 1.54) is 5.56 Å². The Morgan fingerprint density at radius 2 is 2.00 bits per heavy atom. The Hall–Kier alpha value is -1.06. The van der Waals surface area contributed by atoms with Crippen molar-refractivity contribution in [1.29, 1.82) is 0 Å². The molecule has 3 nitrogen and oxygen atoms in total. The van der Waals surface area contributed by atoms with Crippen molar-refractivity contribution in [3.05, 3.63) is 29.8 Å². The number of carbonyl (C=O) groups excluding carboxylic acids is 1. The molecule has 0 radical (unpaired) electrons. The molecule has 1 aromatic rings. The number of anilines is 1. The van der Waals surface area contributed by atoms with Crippen LogP contribution in [0, 0.1) is 5.92 Å². The van der Waals surface area contributed by atoms with Gasteiger partial charge in [-0.05, 0) is 37.0 Å². The molecular formula is C14H21ClN2O. The zero-order valence-electron chi connectivity index (χ0n) is 10.7. The third-order valence-corrected chi connectivity index (χ3v) is 3.54. The molecule has 1 amide bonds. The van der Waals surface area contributed by atoms with Crippen molar-refractivity contribution in [2.45, 2.75) is 38.6 Å². The molecule has 0 spiro atoms. The third-order valence-electron chi connectivity index (χ3n) is 3.54. The lowest BCUT2D eigenvalue weighted by Gasteiger charge is -2.15. The summed E-state index contributed by atoms with van der Waals surface area (Å²) in [5.74, 6) is 0.0556. The second kappa shape index (κ2) is 6.76. The van der Waals surface area contributed by atoms with Crippen molar-refractivity contribution >= 4 is 24.0 Å². The first-order valence-corrected chi connectivity index (χ1v) is 6.36. The Morgan fingerprint density at radius 1 is 1.33 bits per heavy atom. The van der Waals surface area contributed by atoms with Gasteiger partial charge in [-0.1, -0.05) is 25.5 Å². The van der Waals surface area contributed by atoms with Gasteiger partial charge in [0.2, 0.25) is 5.91 Å². The van der Waals surface area contributed by atoms with Crippen molar-refractivity contribution in [3.8, 4) is 0 Å². The molecule has 0 bridgehead atoms. The molecule has 1 aliphatic carbocycles. The van der Waals surface area contributed by atoms with Gasteiger partial charge in [0.25, 0.3) is 0 Å². The number of benzene rings is 1. The Labute approximate surface area is 115 Å². The maximum Gasteiger partial charge on any atom is 0.229 e. The van der Waals surface area contributed by atoms with E-state index in [1.54, 1.807) is 0 Å². The van der Waals surface area contributed by atoms with Gasteiger partial charge in [-0.2, -0.15) is 0 Å². The molecule has 0 heterocycles. The molecule has 2 unspecified atom stereocenters. The predicted octanol–water partition coefficient (Wildman–Crippen LogP) is 2.74. The average molecular weight is 269 g/mol. The van der Waals surface area contributed by atoms with E-state index in [2.05, 4.69) is 12.2 Å². The zero-order chi connectivity index (χ0) is 12.3. The van der Waals surface area contributed by atoms with E-state index >= 15 is 0 Å². The number of hydrogen-bond acceptors (Lipinski definition) is 2. The summed E-state index contributed by atoms with van der Waals surface area (Å²) in [4.78, 5) is 12.0. The van der Waals surface area contributed by atoms with Crippen LogP contribution >= 0.6 is 12.4 Å². The maximum absolute atomic E-state index is 12.0. The highest BCUT2D eigenvalue weighted by Crippen LogP contribution is 2.25. The van der Waals surface area contributed by atoms with Crippen LogP contribution in [0.2, 0.25) is 0 Å². The summed E-state index contributed by atoms with van der Waals surface area (Å²) < 4.78 is 0. The van der Waals surface area contributed by atoms with E-state index in [0.717, 1.165) is 31.4 Å². The van der Waals surface area contributed by atoms with Gasteiger partial charge < -0.3 is 11.1 Å². The van der Waals surface area contributed by atoms with Gasteiger partial charge in [-0.15, -0.1) is 12.4 Å². The Balaban J connectivity index is 0.00000162. The lowest BCUT2D eigenvalue weighted by atomic mass is 10.0. The van der Waals surface area contributed by atoms with Gasteiger partial charge in [-0.25, -0.2) is 0 Å². The molecule has 100 valence electrons. The van der Waals surface area contributed by atoms with E-state index in [1.807, 2.05) is 24.3 Å². The van der Waals surface area contributed by atoms with Crippen LogP contribution in [0.15, 0.2) is 24.3 Å². The molecule has 2 rings (SSSR count). The summed E-state index contributed by atoms with van der Waals surface area (Å²) in [6.45, 7) is 2.12. The summed E-state index contributed by atoms with van der Waals surface area (Å²) in [6.07, 6.45) is 3.96. The van der Waals surface area contributed by atoms with Crippen LogP contribution in [-0.2, 0) is 11.2 Å². The van der Waals surface area contributed by atoms with E-state index in [4.69, 9.17) is 5.73 Å². The quantitative estimate of drug-likeness (QED) is 0.886. The van der Waals surface area contributed by atoms with Crippen molar-refractivity contribution in [3.63, 3.8) is 0 Å².